The lowest BCUT2D eigenvalue weighted by Crippen LogP contribution is -2.08. The van der Waals surface area contributed by atoms with Crippen LogP contribution < -0.4 is 5.32 Å². The zero-order valence-electron chi connectivity index (χ0n) is 16.4. The van der Waals surface area contributed by atoms with Gasteiger partial charge in [0.1, 0.15) is 0 Å². The van der Waals surface area contributed by atoms with Crippen LogP contribution in [0.3, 0.4) is 0 Å². The number of nitrogens with one attached hydrogen (secondary N) is 1. The minimum atomic E-state index is -4.54. The third kappa shape index (κ3) is 5.60. The normalized spacial score (nSPS) is 11.4. The third-order valence-electron chi connectivity index (χ3n) is 4.42. The average Bonchev–Trinajstić information content (AvgIpc) is 2.77. The van der Waals surface area contributed by atoms with Crippen molar-refractivity contribution in [3.8, 4) is 0 Å². The zero-order chi connectivity index (χ0) is 22.4. The number of benzene rings is 3. The summed E-state index contributed by atoms with van der Waals surface area (Å²) in [6, 6.07) is 17.9. The lowest BCUT2D eigenvalue weighted by molar-refractivity contribution is -0.137. The van der Waals surface area contributed by atoms with Crippen LogP contribution in [0.2, 0.25) is 0 Å². The predicted molar refractivity (Wildman–Crippen MR) is 112 cm³/mol. The van der Waals surface area contributed by atoms with Crippen molar-refractivity contribution in [1.29, 1.82) is 0 Å². The molecule has 0 heterocycles. The van der Waals surface area contributed by atoms with Crippen LogP contribution in [0.5, 0.6) is 0 Å². The van der Waals surface area contributed by atoms with Crippen molar-refractivity contribution >= 4 is 29.2 Å². The molecule has 1 N–H and O–H groups in total. The van der Waals surface area contributed by atoms with Crippen LogP contribution in [0.1, 0.15) is 31.8 Å². The monoisotopic (exact) mass is 425 g/mol. The molecule has 0 atom stereocenters. The number of alkyl halides is 3. The Balaban J connectivity index is 1.88. The van der Waals surface area contributed by atoms with E-state index in [0.29, 0.717) is 16.8 Å². The number of anilines is 2. The molecule has 0 saturated carbocycles. The quantitative estimate of drug-likeness (QED) is 0.293. The van der Waals surface area contributed by atoms with E-state index in [1.54, 1.807) is 54.6 Å². The SMILES string of the molecule is COC(=O)c1ccc(/C=C/C(=O)c2ccc(C(F)(F)F)cc2Nc2ccccc2)cc1. The Hall–Kier alpha value is -3.87. The Morgan fingerprint density at radius 3 is 2.23 bits per heavy atom. The van der Waals surface area contributed by atoms with Gasteiger partial charge in [0.15, 0.2) is 5.78 Å². The summed E-state index contributed by atoms with van der Waals surface area (Å²) in [5, 5.41) is 2.88. The highest BCUT2D eigenvalue weighted by molar-refractivity contribution is 6.10. The molecule has 0 amide bonds. The molecule has 7 heteroatoms. The maximum Gasteiger partial charge on any atom is 0.416 e. The number of ether oxygens (including phenoxy) is 1. The van der Waals surface area contributed by atoms with E-state index < -0.39 is 23.5 Å². The second-order valence-corrected chi connectivity index (χ2v) is 6.56. The molecule has 4 nitrogen and oxygen atoms in total. The van der Waals surface area contributed by atoms with Crippen molar-refractivity contribution in [3.05, 3.63) is 101 Å². The minimum Gasteiger partial charge on any atom is -0.465 e. The maximum atomic E-state index is 13.2. The van der Waals surface area contributed by atoms with E-state index in [1.807, 2.05) is 0 Å². The largest absolute Gasteiger partial charge is 0.465 e. The molecule has 158 valence electrons. The highest BCUT2D eigenvalue weighted by Gasteiger charge is 2.31. The van der Waals surface area contributed by atoms with E-state index >= 15 is 0 Å². The van der Waals surface area contributed by atoms with Gasteiger partial charge in [0.25, 0.3) is 0 Å². The van der Waals surface area contributed by atoms with Crippen LogP contribution in [-0.2, 0) is 10.9 Å². The molecule has 0 spiro atoms. The number of para-hydroxylation sites is 1. The molecule has 31 heavy (non-hydrogen) atoms. The highest BCUT2D eigenvalue weighted by atomic mass is 19.4. The molecule has 0 radical (unpaired) electrons. The number of ketones is 1. The summed E-state index contributed by atoms with van der Waals surface area (Å²) in [4.78, 5) is 24.2. The third-order valence-corrected chi connectivity index (χ3v) is 4.42. The molecule has 3 aromatic carbocycles. The number of esters is 1. The Bertz CT molecular complexity index is 1110. The van der Waals surface area contributed by atoms with Gasteiger partial charge in [-0.15, -0.1) is 0 Å². The molecular formula is C24H18F3NO3. The van der Waals surface area contributed by atoms with E-state index in [-0.39, 0.29) is 11.3 Å². The summed E-state index contributed by atoms with van der Waals surface area (Å²) in [5.74, 6) is -0.947. The highest BCUT2D eigenvalue weighted by Crippen LogP contribution is 2.33. The summed E-state index contributed by atoms with van der Waals surface area (Å²) >= 11 is 0. The molecular weight excluding hydrogens is 407 g/mol. The number of methoxy groups -OCH3 is 1. The Labute approximate surface area is 177 Å². The number of rotatable bonds is 6. The summed E-state index contributed by atoms with van der Waals surface area (Å²) < 4.78 is 44.1. The lowest BCUT2D eigenvalue weighted by atomic mass is 10.0. The second-order valence-electron chi connectivity index (χ2n) is 6.56. The van der Waals surface area contributed by atoms with Gasteiger partial charge < -0.3 is 10.1 Å². The Morgan fingerprint density at radius 2 is 1.61 bits per heavy atom. The first-order valence-electron chi connectivity index (χ1n) is 9.22. The lowest BCUT2D eigenvalue weighted by Gasteiger charge is -2.14. The number of allylic oxidation sites excluding steroid dienone is 1. The molecule has 0 aliphatic rings. The molecule has 3 aromatic rings. The van der Waals surface area contributed by atoms with Gasteiger partial charge in [0, 0.05) is 11.3 Å². The number of carbonyl (C=O) groups is 2. The van der Waals surface area contributed by atoms with Crippen LogP contribution in [-0.4, -0.2) is 18.9 Å². The smallest absolute Gasteiger partial charge is 0.416 e. The Morgan fingerprint density at radius 1 is 0.935 bits per heavy atom. The fraction of sp³-hybridized carbons (Fsp3) is 0.0833. The van der Waals surface area contributed by atoms with E-state index in [4.69, 9.17) is 0 Å². The van der Waals surface area contributed by atoms with Crippen LogP contribution >= 0.6 is 0 Å². The standard InChI is InChI=1S/C24H18F3NO3/c1-31-23(30)17-10-7-16(8-11-17)9-14-22(29)20-13-12-18(24(25,26)27)15-21(20)28-19-5-3-2-4-6-19/h2-15,28H,1H3/b14-9+. The minimum absolute atomic E-state index is 0.0525. The van der Waals surface area contributed by atoms with Crippen molar-refractivity contribution < 1.29 is 27.5 Å². The number of halogens is 3. The summed E-state index contributed by atoms with van der Waals surface area (Å²) in [7, 11) is 1.28. The van der Waals surface area contributed by atoms with Gasteiger partial charge in [-0.25, -0.2) is 4.79 Å². The first-order chi connectivity index (χ1) is 14.8. The van der Waals surface area contributed by atoms with E-state index in [2.05, 4.69) is 10.1 Å². The van der Waals surface area contributed by atoms with Crippen molar-refractivity contribution in [2.75, 3.05) is 12.4 Å². The van der Waals surface area contributed by atoms with Gasteiger partial charge >= 0.3 is 12.1 Å². The van der Waals surface area contributed by atoms with Gasteiger partial charge in [-0.3, -0.25) is 4.79 Å². The van der Waals surface area contributed by atoms with Gasteiger partial charge in [-0.1, -0.05) is 36.4 Å². The molecule has 3 rings (SSSR count). The first-order valence-corrected chi connectivity index (χ1v) is 9.22. The van der Waals surface area contributed by atoms with Crippen LogP contribution in [0, 0.1) is 0 Å². The van der Waals surface area contributed by atoms with E-state index in [1.165, 1.54) is 19.3 Å². The van der Waals surface area contributed by atoms with Crippen LogP contribution in [0.15, 0.2) is 78.9 Å². The average molecular weight is 425 g/mol. The van der Waals surface area contributed by atoms with Crippen LogP contribution in [0.25, 0.3) is 6.08 Å². The van der Waals surface area contributed by atoms with Crippen molar-refractivity contribution in [2.24, 2.45) is 0 Å². The molecule has 0 saturated heterocycles. The number of hydrogen-bond acceptors (Lipinski definition) is 4. The van der Waals surface area contributed by atoms with Crippen molar-refractivity contribution in [2.45, 2.75) is 6.18 Å². The van der Waals surface area contributed by atoms with Crippen molar-refractivity contribution in [3.63, 3.8) is 0 Å². The second kappa shape index (κ2) is 9.30. The molecule has 0 aliphatic heterocycles. The van der Waals surface area contributed by atoms with Gasteiger partial charge in [-0.2, -0.15) is 13.2 Å². The number of carbonyl (C=O) groups excluding carboxylic acids is 2. The predicted octanol–water partition coefficient (Wildman–Crippen LogP) is 6.13. The molecule has 0 fully saturated rings. The summed E-state index contributed by atoms with van der Waals surface area (Å²) in [6.45, 7) is 0. The fourth-order valence-corrected chi connectivity index (χ4v) is 2.83. The zero-order valence-corrected chi connectivity index (χ0v) is 16.4. The molecule has 0 bridgehead atoms. The van der Waals surface area contributed by atoms with Gasteiger partial charge in [-0.05, 0) is 54.1 Å². The summed E-state index contributed by atoms with van der Waals surface area (Å²) in [5.41, 5.74) is 0.854. The van der Waals surface area contributed by atoms with E-state index in [0.717, 1.165) is 18.2 Å². The van der Waals surface area contributed by atoms with E-state index in [9.17, 15) is 22.8 Å². The molecule has 0 aliphatic carbocycles. The maximum absolute atomic E-state index is 13.2. The Kier molecular flexibility index (Phi) is 6.55. The van der Waals surface area contributed by atoms with Crippen molar-refractivity contribution in [1.82, 2.24) is 0 Å². The van der Waals surface area contributed by atoms with Gasteiger partial charge in [0.2, 0.25) is 0 Å². The first kappa shape index (κ1) is 21.8. The molecule has 0 unspecified atom stereocenters. The number of hydrogen-bond donors (Lipinski definition) is 1. The fourth-order valence-electron chi connectivity index (χ4n) is 2.83. The molecule has 0 aromatic heterocycles. The summed E-state index contributed by atoms with van der Waals surface area (Å²) in [6.07, 6.45) is -1.74. The van der Waals surface area contributed by atoms with Gasteiger partial charge in [0.05, 0.1) is 23.9 Å². The topological polar surface area (TPSA) is 55.4 Å². The van der Waals surface area contributed by atoms with Crippen LogP contribution in [0.4, 0.5) is 24.5 Å².